The molecule has 275 valence electrons. The number of hydrogen-bond donors (Lipinski definition) is 0. The molecule has 0 bridgehead atoms. The molecule has 4 heteroatoms. The van der Waals surface area contributed by atoms with Gasteiger partial charge in [0, 0.05) is 0 Å². The number of rotatable bonds is 13. The van der Waals surface area contributed by atoms with Crippen molar-refractivity contribution in [3.05, 3.63) is 128 Å². The zero-order valence-corrected chi connectivity index (χ0v) is 38.6. The number of unbranched alkanes of at least 4 members (excludes halogenated alkanes) is 2. The first kappa shape index (κ1) is 39.7. The van der Waals surface area contributed by atoms with Gasteiger partial charge in [-0.25, -0.2) is 0 Å². The second kappa shape index (κ2) is 15.6. The standard InChI is InChI=1S/2C23H27.C2H7Si.2ClH.Zr/c2*1-5-6-9-18-14-19-13-12-17(4)23(22(19)15-18)21-11-8-7-10-20(21)16(2)3;1-3-2;;;/h2*7-8,10-16H,5-6,9H2,1-4H3;3H,1-2H3;2*1H;/q;;;;;+2/p-2. The molecule has 2 atom stereocenters. The van der Waals surface area contributed by atoms with Gasteiger partial charge in [0.05, 0.1) is 0 Å². The molecule has 0 nitrogen and oxygen atoms in total. The molecule has 0 amide bonds. The Morgan fingerprint density at radius 3 is 1.33 bits per heavy atom. The molecule has 0 fully saturated rings. The van der Waals surface area contributed by atoms with Crippen molar-refractivity contribution in [3.63, 3.8) is 0 Å². The second-order valence-corrected chi connectivity index (χ2v) is 59.4. The van der Waals surface area contributed by atoms with Gasteiger partial charge in [-0.05, 0) is 0 Å². The van der Waals surface area contributed by atoms with E-state index in [0.29, 0.717) is 11.8 Å². The van der Waals surface area contributed by atoms with Gasteiger partial charge < -0.3 is 0 Å². The maximum absolute atomic E-state index is 8.94. The average molecular weight is 828 g/mol. The van der Waals surface area contributed by atoms with Crippen LogP contribution in [0.4, 0.5) is 0 Å². The van der Waals surface area contributed by atoms with E-state index >= 15 is 0 Å². The molecule has 2 unspecified atom stereocenters. The third kappa shape index (κ3) is 6.69. The van der Waals surface area contributed by atoms with Crippen molar-refractivity contribution in [1.82, 2.24) is 0 Å². The molecule has 0 saturated heterocycles. The van der Waals surface area contributed by atoms with Crippen molar-refractivity contribution in [1.29, 1.82) is 0 Å². The monoisotopic (exact) mass is 825 g/mol. The topological polar surface area (TPSA) is 0 Å². The van der Waals surface area contributed by atoms with Crippen LogP contribution in [0.3, 0.4) is 0 Å². The second-order valence-electron chi connectivity index (χ2n) is 16.9. The van der Waals surface area contributed by atoms with Gasteiger partial charge in [-0.2, -0.15) is 0 Å². The number of aryl methyl sites for hydroxylation is 2. The summed E-state index contributed by atoms with van der Waals surface area (Å²) >= 11 is -4.94. The number of halogens is 2. The molecule has 2 aliphatic rings. The van der Waals surface area contributed by atoms with E-state index in [4.69, 9.17) is 17.0 Å². The first-order valence-electron chi connectivity index (χ1n) is 20.2. The fraction of sp³-hybridized carbons (Fsp3) is 0.417. The molecule has 0 radical (unpaired) electrons. The van der Waals surface area contributed by atoms with E-state index in [1.807, 2.05) is 0 Å². The third-order valence-corrected chi connectivity index (χ3v) is 64.4. The molecule has 2 aliphatic carbocycles. The summed E-state index contributed by atoms with van der Waals surface area (Å²) in [5.74, 6) is -0.819. The summed E-state index contributed by atoms with van der Waals surface area (Å²) in [7, 11) is 17.9. The van der Waals surface area contributed by atoms with E-state index in [1.54, 1.807) is 0 Å². The van der Waals surface area contributed by atoms with Gasteiger partial charge in [-0.15, -0.1) is 0 Å². The summed E-state index contributed by atoms with van der Waals surface area (Å²) in [5.41, 5.74) is 19.5. The van der Waals surface area contributed by atoms with Crippen LogP contribution in [0.5, 0.6) is 0 Å². The Morgan fingerprint density at radius 2 is 0.981 bits per heavy atom. The van der Waals surface area contributed by atoms with Gasteiger partial charge in [-0.1, -0.05) is 0 Å². The molecule has 4 aromatic rings. The van der Waals surface area contributed by atoms with Crippen LogP contribution in [0.1, 0.15) is 144 Å². The maximum atomic E-state index is 8.94. The van der Waals surface area contributed by atoms with E-state index in [0.717, 1.165) is 38.5 Å². The Hall–Kier alpha value is -1.96. The summed E-state index contributed by atoms with van der Waals surface area (Å²) < 4.78 is 0.217. The predicted molar refractivity (Wildman–Crippen MR) is 232 cm³/mol. The molecule has 0 N–H and O–H groups in total. The normalized spacial score (nSPS) is 17.7. The Kier molecular flexibility index (Phi) is 12.0. The molecular formula is C48H61Cl2SiZr. The molecule has 0 aliphatic heterocycles. The van der Waals surface area contributed by atoms with Crippen molar-refractivity contribution in [2.24, 2.45) is 0 Å². The van der Waals surface area contributed by atoms with Gasteiger partial charge in [0.2, 0.25) is 0 Å². The summed E-state index contributed by atoms with van der Waals surface area (Å²) in [6, 6.07) is 27.7. The van der Waals surface area contributed by atoms with E-state index in [-0.39, 0.29) is 7.25 Å². The molecular weight excluding hydrogens is 767 g/mol. The Balaban J connectivity index is 1.65. The van der Waals surface area contributed by atoms with Crippen LogP contribution >= 0.6 is 17.0 Å². The van der Waals surface area contributed by atoms with E-state index in [1.165, 1.54) is 77.9 Å². The molecule has 52 heavy (non-hydrogen) atoms. The van der Waals surface area contributed by atoms with Crippen LogP contribution in [0.25, 0.3) is 34.4 Å². The summed E-state index contributed by atoms with van der Waals surface area (Å²) in [6.07, 6.45) is 11.9. The van der Waals surface area contributed by atoms with Gasteiger partial charge in [0.1, 0.15) is 0 Å². The summed E-state index contributed by atoms with van der Waals surface area (Å²) in [6.45, 7) is 23.5. The minimum absolute atomic E-state index is 0.109. The quantitative estimate of drug-likeness (QED) is 0.118. The Labute approximate surface area is 324 Å². The molecule has 4 aromatic carbocycles. The van der Waals surface area contributed by atoms with Crippen LogP contribution in [-0.4, -0.2) is 5.92 Å². The van der Waals surface area contributed by atoms with Crippen LogP contribution in [0.2, 0.25) is 13.1 Å². The minimum atomic E-state index is -4.94. The fourth-order valence-corrected chi connectivity index (χ4v) is 41.2. The SMILES string of the molecule is CCCCC1=Cc2c(ccc(C)c2-c2ccccc2C(C)C)[CH]1[Zr]([Cl])([Cl])([CH]1C(CCCC)=Cc2c1ccc(C)c2-c1ccccc1C(C)C)[SiH](C)C. The fourth-order valence-electron chi connectivity index (χ4n) is 9.74. The van der Waals surface area contributed by atoms with E-state index < -0.39 is 21.5 Å². The van der Waals surface area contributed by atoms with Crippen LogP contribution in [0, 0.1) is 13.8 Å². The number of hydrogen-bond acceptors (Lipinski definition) is 0. The predicted octanol–water partition coefficient (Wildman–Crippen LogP) is 15.8. The molecule has 0 aromatic heterocycles. The number of fused-ring (bicyclic) bond motifs is 2. The first-order valence-corrected chi connectivity index (χ1v) is 36.5. The van der Waals surface area contributed by atoms with Crippen LogP contribution in [0.15, 0.2) is 83.9 Å². The van der Waals surface area contributed by atoms with Crippen molar-refractivity contribution in [3.8, 4) is 22.3 Å². The number of allylic oxidation sites excluding steroid dienone is 2. The van der Waals surface area contributed by atoms with Gasteiger partial charge >= 0.3 is 327 Å². The Morgan fingerprint density at radius 1 is 0.596 bits per heavy atom. The zero-order valence-electron chi connectivity index (χ0n) is 33.5. The van der Waals surface area contributed by atoms with Crippen molar-refractivity contribution in [2.45, 2.75) is 126 Å². The van der Waals surface area contributed by atoms with E-state index in [2.05, 4.69) is 153 Å². The van der Waals surface area contributed by atoms with Gasteiger partial charge in [0.25, 0.3) is 0 Å². The van der Waals surface area contributed by atoms with Gasteiger partial charge in [0.15, 0.2) is 0 Å². The first-order chi connectivity index (χ1) is 24.8. The summed E-state index contributed by atoms with van der Waals surface area (Å²) in [5, 5.41) is 0. The number of benzene rings is 4. The molecule has 6 rings (SSSR count). The van der Waals surface area contributed by atoms with Crippen molar-refractivity contribution >= 4 is 35.1 Å². The molecule has 0 spiro atoms. The van der Waals surface area contributed by atoms with Gasteiger partial charge in [-0.3, -0.25) is 0 Å². The van der Waals surface area contributed by atoms with Crippen LogP contribution in [-0.2, 0) is 15.6 Å². The Bertz CT molecular complexity index is 1890. The van der Waals surface area contributed by atoms with Crippen molar-refractivity contribution < 1.29 is 15.6 Å². The molecule has 0 saturated carbocycles. The van der Waals surface area contributed by atoms with E-state index in [9.17, 15) is 0 Å². The summed E-state index contributed by atoms with van der Waals surface area (Å²) in [4.78, 5) is 0. The third-order valence-electron chi connectivity index (χ3n) is 12.5. The van der Waals surface area contributed by atoms with Crippen molar-refractivity contribution in [2.75, 3.05) is 0 Å². The average Bonchev–Trinajstić information content (AvgIpc) is 3.69. The van der Waals surface area contributed by atoms with Crippen LogP contribution < -0.4 is 0 Å². The molecule has 0 heterocycles. The zero-order chi connectivity index (χ0) is 37.6.